The van der Waals surface area contributed by atoms with Crippen LogP contribution in [0.5, 0.6) is 5.75 Å². The van der Waals surface area contributed by atoms with Crippen molar-refractivity contribution < 1.29 is 19.1 Å². The Hall–Kier alpha value is -4.21. The van der Waals surface area contributed by atoms with Gasteiger partial charge in [-0.2, -0.15) is 0 Å². The first kappa shape index (κ1) is 29.3. The maximum atomic E-state index is 14.7. The second-order valence-electron chi connectivity index (χ2n) is 10.6. The molecule has 4 aromatic carbocycles. The van der Waals surface area contributed by atoms with Gasteiger partial charge in [-0.15, -0.1) is 0 Å². The molecule has 216 valence electrons. The van der Waals surface area contributed by atoms with E-state index in [1.54, 1.807) is 43.0 Å². The van der Waals surface area contributed by atoms with Crippen LogP contribution in [-0.2, 0) is 16.1 Å². The highest BCUT2D eigenvalue weighted by Gasteiger charge is 2.48. The molecular formula is C33H33BrN4O4. The van der Waals surface area contributed by atoms with E-state index in [0.29, 0.717) is 22.7 Å². The molecule has 0 saturated heterocycles. The number of benzene rings is 4. The van der Waals surface area contributed by atoms with Crippen molar-refractivity contribution >= 4 is 55.8 Å². The highest BCUT2D eigenvalue weighted by Crippen LogP contribution is 2.41. The highest BCUT2D eigenvalue weighted by molar-refractivity contribution is 9.10. The number of methoxy groups -OCH3 is 1. The quantitative estimate of drug-likeness (QED) is 0.293. The topological polar surface area (TPSA) is 105 Å². The van der Waals surface area contributed by atoms with E-state index in [-0.39, 0.29) is 24.9 Å². The molecule has 8 nitrogen and oxygen atoms in total. The van der Waals surface area contributed by atoms with Crippen molar-refractivity contribution in [3.05, 3.63) is 100 Å². The summed E-state index contributed by atoms with van der Waals surface area (Å²) in [5, 5.41) is 4.87. The smallest absolute Gasteiger partial charge is 0.258 e. The number of aryl methyl sites for hydroxylation is 1. The van der Waals surface area contributed by atoms with Gasteiger partial charge in [0.1, 0.15) is 11.3 Å². The van der Waals surface area contributed by atoms with Crippen LogP contribution in [0.3, 0.4) is 0 Å². The van der Waals surface area contributed by atoms with Crippen LogP contribution < -0.4 is 25.6 Å². The summed E-state index contributed by atoms with van der Waals surface area (Å²) in [6.07, 6.45) is 0. The fourth-order valence-corrected chi connectivity index (χ4v) is 6.07. The summed E-state index contributed by atoms with van der Waals surface area (Å²) in [7, 11) is 3.19. The number of anilines is 2. The molecule has 3 N–H and O–H groups in total. The van der Waals surface area contributed by atoms with E-state index in [2.05, 4.69) is 21.2 Å². The number of carbonyl (C=O) groups excluding carboxylic acids is 3. The third-order valence-corrected chi connectivity index (χ3v) is 8.97. The second-order valence-corrected chi connectivity index (χ2v) is 11.5. The number of fused-ring (bicyclic) bond motifs is 2. The summed E-state index contributed by atoms with van der Waals surface area (Å²) < 4.78 is 6.68. The predicted molar refractivity (Wildman–Crippen MR) is 169 cm³/mol. The van der Waals surface area contributed by atoms with Crippen LogP contribution in [0.25, 0.3) is 10.8 Å². The number of nitrogens with zero attached hydrogens (tertiary/aromatic N) is 2. The Kier molecular flexibility index (Phi) is 8.08. The Morgan fingerprint density at radius 3 is 2.33 bits per heavy atom. The van der Waals surface area contributed by atoms with Crippen molar-refractivity contribution in [2.75, 3.05) is 30.5 Å². The molecule has 4 aromatic rings. The Morgan fingerprint density at radius 1 is 1.00 bits per heavy atom. The van der Waals surface area contributed by atoms with Gasteiger partial charge < -0.3 is 25.6 Å². The number of rotatable bonds is 7. The van der Waals surface area contributed by atoms with Crippen LogP contribution in [-0.4, -0.2) is 44.0 Å². The van der Waals surface area contributed by atoms with E-state index < -0.39 is 17.4 Å². The number of halogens is 1. The number of ether oxygens (including phenoxy) is 1. The molecule has 5 rings (SSSR count). The first-order valence-corrected chi connectivity index (χ1v) is 14.4. The van der Waals surface area contributed by atoms with E-state index in [0.717, 1.165) is 26.4 Å². The molecule has 0 fully saturated rings. The van der Waals surface area contributed by atoms with Crippen molar-refractivity contribution in [2.24, 2.45) is 11.7 Å². The van der Waals surface area contributed by atoms with Gasteiger partial charge in [0.05, 0.1) is 30.9 Å². The monoisotopic (exact) mass is 628 g/mol. The van der Waals surface area contributed by atoms with Crippen LogP contribution in [0.1, 0.15) is 28.4 Å². The van der Waals surface area contributed by atoms with Gasteiger partial charge in [-0.25, -0.2) is 0 Å². The van der Waals surface area contributed by atoms with Gasteiger partial charge in [0, 0.05) is 22.1 Å². The lowest BCUT2D eigenvalue weighted by Gasteiger charge is -2.36. The summed E-state index contributed by atoms with van der Waals surface area (Å²) in [4.78, 5) is 44.9. The molecule has 0 saturated carbocycles. The Morgan fingerprint density at radius 2 is 1.69 bits per heavy atom. The first-order chi connectivity index (χ1) is 20.1. The van der Waals surface area contributed by atoms with Crippen LogP contribution in [0, 0.1) is 12.8 Å². The van der Waals surface area contributed by atoms with Crippen molar-refractivity contribution in [3.8, 4) is 5.75 Å². The standard InChI is InChI=1S/C33H33BrN4O4/c1-20-12-14-21(15-13-20)30(39)38-19-25(33(2,36-3)32(35)41)31(40)37(27-10-5-6-11-28(27)38)18-24-22-8-7-9-26(34)23(22)16-17-29(24)42-4/h5-17,25,36H,18-19H2,1-4H3,(H2,35,41)/t25-,33?/m1/s1. The number of amides is 3. The Labute approximate surface area is 253 Å². The van der Waals surface area contributed by atoms with E-state index in [1.165, 1.54) is 0 Å². The lowest BCUT2D eigenvalue weighted by molar-refractivity contribution is -0.133. The highest BCUT2D eigenvalue weighted by atomic mass is 79.9. The molecule has 3 amide bonds. The molecule has 1 aliphatic rings. The van der Waals surface area contributed by atoms with Crippen molar-refractivity contribution in [1.82, 2.24) is 5.32 Å². The average Bonchev–Trinajstić information content (AvgIpc) is 3.11. The number of hydrogen-bond donors (Lipinski definition) is 2. The normalized spacial score (nSPS) is 16.5. The van der Waals surface area contributed by atoms with E-state index in [4.69, 9.17) is 10.5 Å². The summed E-state index contributed by atoms with van der Waals surface area (Å²) in [5.41, 5.74) is 7.85. The van der Waals surface area contributed by atoms with Gasteiger partial charge in [-0.05, 0) is 74.1 Å². The molecule has 9 heteroatoms. The van der Waals surface area contributed by atoms with Gasteiger partial charge in [0.25, 0.3) is 5.91 Å². The third-order valence-electron chi connectivity index (χ3n) is 8.28. The third kappa shape index (κ3) is 5.03. The fourth-order valence-electron chi connectivity index (χ4n) is 5.57. The first-order valence-electron chi connectivity index (χ1n) is 13.6. The molecule has 0 spiro atoms. The van der Waals surface area contributed by atoms with Crippen LogP contribution in [0.4, 0.5) is 11.4 Å². The minimum Gasteiger partial charge on any atom is -0.496 e. The van der Waals surface area contributed by atoms with Crippen LogP contribution in [0.15, 0.2) is 83.3 Å². The minimum absolute atomic E-state index is 0.0580. The fraction of sp³-hybridized carbons (Fsp3) is 0.242. The molecule has 0 bridgehead atoms. The molecular weight excluding hydrogens is 596 g/mol. The minimum atomic E-state index is -1.45. The number of hydrogen-bond acceptors (Lipinski definition) is 5. The molecule has 0 aromatic heterocycles. The van der Waals surface area contributed by atoms with E-state index in [9.17, 15) is 14.4 Å². The van der Waals surface area contributed by atoms with E-state index >= 15 is 0 Å². The van der Waals surface area contributed by atoms with Gasteiger partial charge >= 0.3 is 0 Å². The number of nitrogens with two attached hydrogens (primary N) is 1. The Balaban J connectivity index is 1.73. The number of likely N-dealkylation sites (N-methyl/N-ethyl adjacent to an activating group) is 1. The van der Waals surface area contributed by atoms with Gasteiger partial charge in [0.2, 0.25) is 11.8 Å². The van der Waals surface area contributed by atoms with Gasteiger partial charge in [0.15, 0.2) is 0 Å². The van der Waals surface area contributed by atoms with Crippen molar-refractivity contribution in [1.29, 1.82) is 0 Å². The second kappa shape index (κ2) is 11.6. The lowest BCUT2D eigenvalue weighted by atomic mass is 9.83. The van der Waals surface area contributed by atoms with Crippen LogP contribution in [0.2, 0.25) is 0 Å². The molecule has 42 heavy (non-hydrogen) atoms. The zero-order chi connectivity index (χ0) is 30.2. The van der Waals surface area contributed by atoms with Crippen molar-refractivity contribution in [2.45, 2.75) is 25.9 Å². The molecule has 1 aliphatic heterocycles. The summed E-state index contributed by atoms with van der Waals surface area (Å²) in [6, 6.07) is 24.3. The molecule has 0 radical (unpaired) electrons. The van der Waals surface area contributed by atoms with Gasteiger partial charge in [-0.1, -0.05) is 57.9 Å². The van der Waals surface area contributed by atoms with E-state index in [1.807, 2.05) is 73.7 Å². The maximum Gasteiger partial charge on any atom is 0.258 e. The zero-order valence-corrected chi connectivity index (χ0v) is 25.6. The summed E-state index contributed by atoms with van der Waals surface area (Å²) >= 11 is 3.64. The zero-order valence-electron chi connectivity index (χ0n) is 24.0. The predicted octanol–water partition coefficient (Wildman–Crippen LogP) is 5.19. The SMILES string of the molecule is CNC(C)(C(N)=O)[C@@H]1CN(C(=O)c2ccc(C)cc2)c2ccccc2N(Cc2c(OC)ccc3c(Br)cccc23)C1=O. The number of carbonyl (C=O) groups is 3. The van der Waals surface area contributed by atoms with Crippen molar-refractivity contribution in [3.63, 3.8) is 0 Å². The van der Waals surface area contributed by atoms with Gasteiger partial charge in [-0.3, -0.25) is 14.4 Å². The molecule has 1 heterocycles. The summed E-state index contributed by atoms with van der Waals surface area (Å²) in [5.74, 6) is -1.70. The molecule has 0 aliphatic carbocycles. The number of nitrogens with one attached hydrogen (secondary N) is 1. The lowest BCUT2D eigenvalue weighted by Crippen LogP contribution is -2.63. The molecule has 2 atom stereocenters. The van der Waals surface area contributed by atoms with Crippen LogP contribution >= 0.6 is 15.9 Å². The molecule has 1 unspecified atom stereocenters. The Bertz CT molecular complexity index is 1690. The number of para-hydroxylation sites is 2. The average molecular weight is 630 g/mol. The maximum absolute atomic E-state index is 14.7. The number of primary amides is 1. The summed E-state index contributed by atoms with van der Waals surface area (Å²) in [6.45, 7) is 3.63. The largest absolute Gasteiger partial charge is 0.496 e.